The molecule has 7 heteroatoms. The summed E-state index contributed by atoms with van der Waals surface area (Å²) in [5.41, 5.74) is 5.57. The van der Waals surface area contributed by atoms with Crippen LogP contribution in [0, 0.1) is 0 Å². The van der Waals surface area contributed by atoms with Gasteiger partial charge in [-0.2, -0.15) is 0 Å². The van der Waals surface area contributed by atoms with Crippen LogP contribution >= 0.6 is 12.8 Å². The molecule has 3 radical (unpaired) electrons. The number of rotatable bonds is 0. The number of hydrogen-bond acceptors (Lipinski definition) is 5. The fourth-order valence-electron chi connectivity index (χ4n) is 2.77. The average Bonchev–Trinajstić information content (AvgIpc) is 3.15. The molecule has 4 heterocycles. The fraction of sp³-hybridized carbons (Fsp3) is 0.550. The zero-order valence-corrected chi connectivity index (χ0v) is 21.3. The Morgan fingerprint density at radius 3 is 2.33 bits per heavy atom. The molecule has 2 aliphatic rings. The monoisotopic (exact) mass is 584 g/mol. The normalized spacial score (nSPS) is 18.2. The zero-order valence-electron chi connectivity index (χ0n) is 16.5. The standard InChI is InChI=1S/C7H6N2.C6H12N.C5H11NS.C2H5N.Pb/c1-2-6-3-5-9-7(6)8-4-1;1-7-5-3-2-4-6-7;7-6-4-2-1-3-5-6;1-2-3;/h1-5H,(H,8,9);2H,3-6H2,1H3;7H,1-5H2;2H,1,3H2;. The van der Waals surface area contributed by atoms with Crippen LogP contribution in [0.2, 0.25) is 3.48 Å². The molecule has 3 N–H and O–H groups in total. The molecule has 0 saturated carbocycles. The minimum Gasteiger partial charge on any atom is -0.346 e. The summed E-state index contributed by atoms with van der Waals surface area (Å²) in [6.45, 7) is 8.19. The molecule has 2 aromatic rings. The summed E-state index contributed by atoms with van der Waals surface area (Å²) in [6, 6.07) is 5.96. The molecule has 0 aromatic carbocycles. The van der Waals surface area contributed by atoms with Gasteiger partial charge in [0.1, 0.15) is 5.65 Å². The molecule has 27 heavy (non-hydrogen) atoms. The molecule has 0 unspecified atom stereocenters. The Hall–Kier alpha value is -0.578. The maximum Gasteiger partial charge on any atom is 0.137 e. The van der Waals surface area contributed by atoms with Gasteiger partial charge in [0, 0.05) is 30.9 Å². The largest absolute Gasteiger partial charge is 0.346 e. The third-order valence-corrected chi connectivity index (χ3v) is 7.02. The van der Waals surface area contributed by atoms with Crippen molar-refractivity contribution in [3.05, 3.63) is 43.4 Å². The van der Waals surface area contributed by atoms with E-state index in [-0.39, 0.29) is 0 Å². The molecule has 0 spiro atoms. The van der Waals surface area contributed by atoms with Crippen molar-refractivity contribution in [2.24, 2.45) is 5.73 Å². The van der Waals surface area contributed by atoms with Crippen LogP contribution in [0.15, 0.2) is 43.4 Å². The Morgan fingerprint density at radius 1 is 1.22 bits per heavy atom. The van der Waals surface area contributed by atoms with E-state index in [1.165, 1.54) is 90.3 Å². The van der Waals surface area contributed by atoms with Gasteiger partial charge < -0.3 is 10.7 Å². The number of likely N-dealkylation sites (tertiary alicyclic amines) is 1. The van der Waals surface area contributed by atoms with Crippen LogP contribution in [-0.4, -0.2) is 78.2 Å². The number of piperidine rings is 2. The van der Waals surface area contributed by atoms with Crippen LogP contribution in [0.5, 0.6) is 0 Å². The van der Waals surface area contributed by atoms with Gasteiger partial charge in [0.05, 0.1) is 0 Å². The number of fused-ring (bicyclic) bond motifs is 1. The molecule has 2 fully saturated rings. The van der Waals surface area contributed by atoms with Crippen LogP contribution in [-0.2, 0) is 0 Å². The van der Waals surface area contributed by atoms with Gasteiger partial charge in [-0.1, -0.05) is 25.8 Å². The Bertz CT molecular complexity index is 567. The number of aromatic nitrogens is 2. The van der Waals surface area contributed by atoms with Crippen LogP contribution in [0.4, 0.5) is 0 Å². The Balaban J connectivity index is 0.000000190. The molecule has 2 saturated heterocycles. The smallest absolute Gasteiger partial charge is 0.137 e. The van der Waals surface area contributed by atoms with Crippen LogP contribution in [0.3, 0.4) is 0 Å². The predicted octanol–water partition coefficient (Wildman–Crippen LogP) is 3.64. The fourth-order valence-corrected chi connectivity index (χ4v) is 4.06. The van der Waals surface area contributed by atoms with Crippen molar-refractivity contribution in [1.29, 1.82) is 0 Å². The summed E-state index contributed by atoms with van der Waals surface area (Å²) >= 11 is 5.61. The molecular formula is C20H34N5PbS. The molecular weight excluding hydrogens is 550 g/mol. The maximum atomic E-state index is 4.61. The van der Waals surface area contributed by atoms with Crippen LogP contribution in [0.1, 0.15) is 32.1 Å². The summed E-state index contributed by atoms with van der Waals surface area (Å²) in [4.78, 5) is 9.52. The van der Waals surface area contributed by atoms with E-state index < -0.39 is 0 Å². The molecule has 0 atom stereocenters. The molecule has 2 aromatic heterocycles. The topological polar surface area (TPSA) is 61.2 Å². The van der Waals surface area contributed by atoms with E-state index in [1.807, 2.05) is 24.4 Å². The summed E-state index contributed by atoms with van der Waals surface area (Å²) in [5.74, 6) is 0. The number of nitrogens with two attached hydrogens (primary N) is 1. The second-order valence-corrected chi connectivity index (χ2v) is 10.5. The molecule has 149 valence electrons. The van der Waals surface area contributed by atoms with Crippen molar-refractivity contribution in [1.82, 2.24) is 19.2 Å². The van der Waals surface area contributed by atoms with E-state index in [9.17, 15) is 0 Å². The SMILES string of the molecule is C=CN.CN1CC[CH]([Pb])CC1.SN1CCCCC1.c1cnc2[nH]ccc2c1. The molecule has 0 bridgehead atoms. The van der Waals surface area contributed by atoms with E-state index in [0.29, 0.717) is 0 Å². The van der Waals surface area contributed by atoms with E-state index >= 15 is 0 Å². The van der Waals surface area contributed by atoms with Gasteiger partial charge in [0.15, 0.2) is 0 Å². The van der Waals surface area contributed by atoms with Gasteiger partial charge in [-0.15, -0.1) is 0 Å². The van der Waals surface area contributed by atoms with Gasteiger partial charge in [0.2, 0.25) is 0 Å². The average molecular weight is 584 g/mol. The minimum atomic E-state index is 0.956. The zero-order chi connectivity index (χ0) is 19.9. The van der Waals surface area contributed by atoms with Crippen molar-refractivity contribution in [3.8, 4) is 0 Å². The summed E-state index contributed by atoms with van der Waals surface area (Å²) in [5, 5.41) is 1.16. The molecule has 2 aliphatic heterocycles. The second kappa shape index (κ2) is 15.4. The maximum absolute atomic E-state index is 4.61. The predicted molar refractivity (Wildman–Crippen MR) is 121 cm³/mol. The van der Waals surface area contributed by atoms with Crippen molar-refractivity contribution >= 4 is 49.6 Å². The summed E-state index contributed by atoms with van der Waals surface area (Å²) in [7, 11) is 2.22. The first-order valence-corrected chi connectivity index (χ1v) is 12.3. The third-order valence-electron chi connectivity index (χ3n) is 4.37. The van der Waals surface area contributed by atoms with Crippen molar-refractivity contribution in [2.75, 3.05) is 33.2 Å². The van der Waals surface area contributed by atoms with Crippen LogP contribution in [0.25, 0.3) is 11.0 Å². The number of thiol groups is 1. The third kappa shape index (κ3) is 11.8. The second-order valence-electron chi connectivity index (χ2n) is 6.75. The quantitative estimate of drug-likeness (QED) is 0.328. The first kappa shape index (κ1) is 24.5. The van der Waals surface area contributed by atoms with Crippen molar-refractivity contribution < 1.29 is 0 Å². The van der Waals surface area contributed by atoms with Crippen molar-refractivity contribution in [3.63, 3.8) is 0 Å². The van der Waals surface area contributed by atoms with Gasteiger partial charge in [-0.05, 0) is 37.2 Å². The number of nitrogens with one attached hydrogen (secondary N) is 1. The first-order valence-electron chi connectivity index (χ1n) is 9.61. The summed E-state index contributed by atoms with van der Waals surface area (Å²) in [6.07, 6.45) is 11.9. The Morgan fingerprint density at radius 2 is 1.85 bits per heavy atom. The Labute approximate surface area is 186 Å². The van der Waals surface area contributed by atoms with Crippen molar-refractivity contribution in [2.45, 2.75) is 35.6 Å². The molecule has 4 rings (SSSR count). The number of nitrogens with zero attached hydrogens (tertiary/aromatic N) is 3. The van der Waals surface area contributed by atoms with Crippen LogP contribution < -0.4 is 5.73 Å². The van der Waals surface area contributed by atoms with E-state index in [1.54, 1.807) is 6.20 Å². The number of aromatic amines is 1. The van der Waals surface area contributed by atoms with Gasteiger partial charge >= 0.3 is 67.1 Å². The Kier molecular flexibility index (Phi) is 13.9. The number of hydrogen-bond donors (Lipinski definition) is 3. The molecule has 5 nitrogen and oxygen atoms in total. The number of H-pyrrole nitrogens is 1. The van der Waals surface area contributed by atoms with Gasteiger partial charge in [-0.3, -0.25) is 4.31 Å². The van der Waals surface area contributed by atoms with Gasteiger partial charge in [-0.25, -0.2) is 4.98 Å². The number of pyridine rings is 1. The van der Waals surface area contributed by atoms with E-state index in [4.69, 9.17) is 0 Å². The van der Waals surface area contributed by atoms with Gasteiger partial charge in [0.25, 0.3) is 0 Å². The summed E-state index contributed by atoms with van der Waals surface area (Å²) < 4.78 is 3.20. The van der Waals surface area contributed by atoms with E-state index in [0.717, 1.165) is 14.5 Å². The van der Waals surface area contributed by atoms with E-state index in [2.05, 4.69) is 51.3 Å². The first-order chi connectivity index (χ1) is 13.1. The molecule has 0 amide bonds. The molecule has 0 aliphatic carbocycles. The minimum absolute atomic E-state index is 0.956.